The summed E-state index contributed by atoms with van der Waals surface area (Å²) in [6.07, 6.45) is 0. The van der Waals surface area contributed by atoms with Crippen LogP contribution >= 0.6 is 0 Å². The van der Waals surface area contributed by atoms with E-state index in [1.807, 2.05) is 56.3 Å². The molecule has 40 heavy (non-hydrogen) atoms. The van der Waals surface area contributed by atoms with Gasteiger partial charge in [-0.2, -0.15) is 0 Å². The van der Waals surface area contributed by atoms with Gasteiger partial charge in [0.15, 0.2) is 11.6 Å². The van der Waals surface area contributed by atoms with Gasteiger partial charge in [-0.05, 0) is 100 Å². The van der Waals surface area contributed by atoms with Gasteiger partial charge >= 0.3 is 0 Å². The Morgan fingerprint density at radius 3 is 1.20 bits per heavy atom. The number of nitrogens with zero attached hydrogens (tertiary/aromatic N) is 4. The molecular formula is C34H36N4O2. The molecule has 0 saturated carbocycles. The summed E-state index contributed by atoms with van der Waals surface area (Å²) in [4.78, 5) is 40.0. The van der Waals surface area contributed by atoms with Crippen LogP contribution in [-0.2, 0) is 0 Å². The molecule has 0 N–H and O–H groups in total. The van der Waals surface area contributed by atoms with Crippen LogP contribution in [0.4, 0.5) is 11.4 Å². The molecule has 0 bridgehead atoms. The molecule has 0 fully saturated rings. The fraction of sp³-hybridized carbons (Fsp3) is 0.235. The van der Waals surface area contributed by atoms with E-state index in [4.69, 9.17) is 15.0 Å². The molecule has 6 nitrogen and oxygen atoms in total. The van der Waals surface area contributed by atoms with Crippen LogP contribution < -0.4 is 0 Å². The number of rotatable bonds is 6. The van der Waals surface area contributed by atoms with E-state index in [0.717, 1.165) is 34.2 Å². The molecule has 0 saturated heterocycles. The molecule has 0 spiro atoms. The quantitative estimate of drug-likeness (QED) is 0.186. The number of aryl methyl sites for hydroxylation is 2. The van der Waals surface area contributed by atoms with E-state index >= 15 is 0 Å². The van der Waals surface area contributed by atoms with Crippen LogP contribution in [0.25, 0.3) is 0 Å². The number of Topliss-reactive ketones (excluding diaryl/α,β-unsaturated/α-hetero) is 2. The zero-order chi connectivity index (χ0) is 29.4. The van der Waals surface area contributed by atoms with Gasteiger partial charge in [-0.15, -0.1) is 0 Å². The lowest BCUT2D eigenvalue weighted by molar-refractivity contribution is 0.101. The fourth-order valence-corrected chi connectivity index (χ4v) is 3.85. The van der Waals surface area contributed by atoms with Crippen molar-refractivity contribution in [2.45, 2.75) is 55.4 Å². The Balaban J connectivity index is 0.000000307. The lowest BCUT2D eigenvalue weighted by Crippen LogP contribution is -2.05. The molecule has 0 radical (unpaired) electrons. The Bertz CT molecular complexity index is 1500. The summed E-state index contributed by atoms with van der Waals surface area (Å²) in [7, 11) is 0. The molecule has 0 aliphatic rings. The normalized spacial score (nSPS) is 11.5. The molecule has 0 unspecified atom stereocenters. The highest BCUT2D eigenvalue weighted by Gasteiger charge is 2.08. The fourth-order valence-electron chi connectivity index (χ4n) is 3.85. The van der Waals surface area contributed by atoms with Crippen LogP contribution in [0.3, 0.4) is 0 Å². The average Bonchev–Trinajstić information content (AvgIpc) is 2.94. The van der Waals surface area contributed by atoms with E-state index in [9.17, 15) is 9.59 Å². The SMILES string of the molecule is CC(=Nc1cccc(C)c1C)c1cccc(C(C)=Nc2cccc(C)c2C)n1.CC(=O)c1cccc(C(C)=O)n1. The monoisotopic (exact) mass is 532 g/mol. The Morgan fingerprint density at radius 2 is 0.825 bits per heavy atom. The van der Waals surface area contributed by atoms with Crippen LogP contribution in [0.2, 0.25) is 0 Å². The van der Waals surface area contributed by atoms with Crippen molar-refractivity contribution in [3.05, 3.63) is 118 Å². The van der Waals surface area contributed by atoms with Gasteiger partial charge in [-0.25, -0.2) is 9.97 Å². The van der Waals surface area contributed by atoms with Gasteiger partial charge in [0.1, 0.15) is 11.4 Å². The van der Waals surface area contributed by atoms with Gasteiger partial charge < -0.3 is 0 Å². The number of ketones is 2. The third-order valence-electron chi connectivity index (χ3n) is 6.69. The zero-order valence-electron chi connectivity index (χ0n) is 24.5. The van der Waals surface area contributed by atoms with E-state index in [1.54, 1.807) is 18.2 Å². The van der Waals surface area contributed by atoms with Gasteiger partial charge in [0, 0.05) is 13.8 Å². The van der Waals surface area contributed by atoms with E-state index in [2.05, 4.69) is 44.8 Å². The van der Waals surface area contributed by atoms with Crippen LogP contribution in [-0.4, -0.2) is 33.0 Å². The molecule has 4 aromatic rings. The molecule has 0 aliphatic carbocycles. The second-order valence-electron chi connectivity index (χ2n) is 9.76. The number of benzene rings is 2. The standard InChI is InChI=1S/C25H27N3.C9H9NO2/c1-16-10-7-12-22(18(16)3)26-20(5)24-14-9-15-25(28-24)21(6)27-23-13-8-11-17(2)19(23)4;1-6(11)8-4-3-5-9(10-8)7(2)12/h7-15H,1-6H3;3-5H,1-2H3. The minimum Gasteiger partial charge on any atom is -0.293 e. The maximum Gasteiger partial charge on any atom is 0.178 e. The summed E-state index contributed by atoms with van der Waals surface area (Å²) < 4.78 is 0. The van der Waals surface area contributed by atoms with Crippen molar-refractivity contribution in [3.8, 4) is 0 Å². The Hall–Kier alpha value is -4.58. The number of hydrogen-bond acceptors (Lipinski definition) is 6. The summed E-state index contributed by atoms with van der Waals surface area (Å²) in [5.74, 6) is -0.254. The molecule has 2 heterocycles. The molecule has 4 rings (SSSR count). The summed E-state index contributed by atoms with van der Waals surface area (Å²) in [5, 5.41) is 0. The molecule has 0 aliphatic heterocycles. The summed E-state index contributed by atoms with van der Waals surface area (Å²) >= 11 is 0. The first-order valence-electron chi connectivity index (χ1n) is 13.2. The van der Waals surface area contributed by atoms with Crippen LogP contribution in [0.5, 0.6) is 0 Å². The first-order valence-corrected chi connectivity index (χ1v) is 13.2. The first-order chi connectivity index (χ1) is 19.0. The largest absolute Gasteiger partial charge is 0.293 e. The molecule has 6 heteroatoms. The third-order valence-corrected chi connectivity index (χ3v) is 6.69. The topological polar surface area (TPSA) is 84.6 Å². The maximum absolute atomic E-state index is 10.8. The van der Waals surface area contributed by atoms with E-state index in [-0.39, 0.29) is 11.6 Å². The highest BCUT2D eigenvalue weighted by molar-refractivity contribution is 6.02. The molecule has 0 atom stereocenters. The Labute approximate surface area is 237 Å². The summed E-state index contributed by atoms with van der Waals surface area (Å²) in [5.41, 5.74) is 11.1. The number of hydrogen-bond donors (Lipinski definition) is 0. The van der Waals surface area contributed by atoms with Crippen molar-refractivity contribution in [1.29, 1.82) is 0 Å². The van der Waals surface area contributed by atoms with Crippen LogP contribution in [0.1, 0.15) is 82.3 Å². The highest BCUT2D eigenvalue weighted by Crippen LogP contribution is 2.23. The second-order valence-corrected chi connectivity index (χ2v) is 9.76. The third kappa shape index (κ3) is 7.73. The van der Waals surface area contributed by atoms with E-state index in [1.165, 1.54) is 36.1 Å². The van der Waals surface area contributed by atoms with Crippen molar-refractivity contribution in [1.82, 2.24) is 9.97 Å². The molecule has 2 aromatic heterocycles. The van der Waals surface area contributed by atoms with Gasteiger partial charge in [0.05, 0.1) is 34.2 Å². The number of carbonyl (C=O) groups is 2. The van der Waals surface area contributed by atoms with E-state index < -0.39 is 0 Å². The first kappa shape index (κ1) is 30.0. The van der Waals surface area contributed by atoms with Gasteiger partial charge in [-0.1, -0.05) is 36.4 Å². The van der Waals surface area contributed by atoms with Crippen molar-refractivity contribution >= 4 is 34.4 Å². The van der Waals surface area contributed by atoms with E-state index in [0.29, 0.717) is 11.4 Å². The van der Waals surface area contributed by atoms with Gasteiger partial charge in [0.25, 0.3) is 0 Å². The molecule has 204 valence electrons. The number of aliphatic imine (C=N–C) groups is 2. The molecular weight excluding hydrogens is 496 g/mol. The van der Waals surface area contributed by atoms with Crippen LogP contribution in [0, 0.1) is 27.7 Å². The van der Waals surface area contributed by atoms with Gasteiger partial charge in [0.2, 0.25) is 0 Å². The zero-order valence-corrected chi connectivity index (χ0v) is 24.5. The Morgan fingerprint density at radius 1 is 0.500 bits per heavy atom. The maximum atomic E-state index is 10.8. The Kier molecular flexibility index (Phi) is 10.1. The minimum atomic E-state index is -0.127. The average molecular weight is 533 g/mol. The predicted octanol–water partition coefficient (Wildman–Crippen LogP) is 8.08. The lowest BCUT2D eigenvalue weighted by atomic mass is 10.1. The lowest BCUT2D eigenvalue weighted by Gasteiger charge is -2.08. The summed E-state index contributed by atoms with van der Waals surface area (Å²) in [6.45, 7) is 15.3. The number of pyridine rings is 2. The smallest absolute Gasteiger partial charge is 0.178 e. The van der Waals surface area contributed by atoms with Crippen molar-refractivity contribution in [2.24, 2.45) is 9.98 Å². The molecule has 2 aromatic carbocycles. The van der Waals surface area contributed by atoms with Crippen molar-refractivity contribution in [2.75, 3.05) is 0 Å². The second kappa shape index (κ2) is 13.5. The number of aromatic nitrogens is 2. The number of carbonyl (C=O) groups excluding carboxylic acids is 2. The van der Waals surface area contributed by atoms with Crippen LogP contribution in [0.15, 0.2) is 82.8 Å². The predicted molar refractivity (Wildman–Crippen MR) is 164 cm³/mol. The highest BCUT2D eigenvalue weighted by atomic mass is 16.1. The molecule has 0 amide bonds. The van der Waals surface area contributed by atoms with Gasteiger partial charge in [-0.3, -0.25) is 19.6 Å². The minimum absolute atomic E-state index is 0.127. The van der Waals surface area contributed by atoms with Crippen molar-refractivity contribution in [3.63, 3.8) is 0 Å². The summed E-state index contributed by atoms with van der Waals surface area (Å²) in [6, 6.07) is 23.2. The van der Waals surface area contributed by atoms with Crippen molar-refractivity contribution < 1.29 is 9.59 Å².